The fourth-order valence-corrected chi connectivity index (χ4v) is 3.05. The van der Waals surface area contributed by atoms with Gasteiger partial charge in [0.1, 0.15) is 0 Å². The van der Waals surface area contributed by atoms with E-state index in [1.54, 1.807) is 0 Å². The molecule has 1 saturated carbocycles. The van der Waals surface area contributed by atoms with Crippen LogP contribution < -0.4 is 5.73 Å². The summed E-state index contributed by atoms with van der Waals surface area (Å²) >= 11 is 0. The Bertz CT molecular complexity index is 350. The summed E-state index contributed by atoms with van der Waals surface area (Å²) in [5.74, 6) is 0.799. The van der Waals surface area contributed by atoms with E-state index in [1.807, 2.05) is 0 Å². The van der Waals surface area contributed by atoms with Gasteiger partial charge in [-0.15, -0.1) is 0 Å². The summed E-state index contributed by atoms with van der Waals surface area (Å²) in [5, 5.41) is 0. The summed E-state index contributed by atoms with van der Waals surface area (Å²) in [6.07, 6.45) is 9.37. The molecule has 1 aliphatic carbocycles. The van der Waals surface area contributed by atoms with Crippen molar-refractivity contribution in [1.29, 1.82) is 0 Å². The molecule has 100 valence electrons. The van der Waals surface area contributed by atoms with Crippen molar-refractivity contribution in [2.45, 2.75) is 70.3 Å². The van der Waals surface area contributed by atoms with E-state index in [0.717, 1.165) is 12.3 Å². The van der Waals surface area contributed by atoms with Crippen LogP contribution in [0.5, 0.6) is 0 Å². The van der Waals surface area contributed by atoms with Crippen molar-refractivity contribution in [3.8, 4) is 0 Å². The van der Waals surface area contributed by atoms with Crippen molar-refractivity contribution in [3.05, 3.63) is 35.4 Å². The Morgan fingerprint density at radius 1 is 1.00 bits per heavy atom. The molecular formula is C17H27N. The monoisotopic (exact) mass is 245 g/mol. The third kappa shape index (κ3) is 4.13. The molecule has 1 fully saturated rings. The van der Waals surface area contributed by atoms with Crippen molar-refractivity contribution in [2.75, 3.05) is 0 Å². The molecule has 1 aromatic rings. The maximum atomic E-state index is 6.07. The molecule has 0 bridgehead atoms. The number of nitrogens with two attached hydrogens (primary N) is 1. The number of benzene rings is 1. The first-order valence-electron chi connectivity index (χ1n) is 7.42. The van der Waals surface area contributed by atoms with Gasteiger partial charge < -0.3 is 5.73 Å². The Labute approximate surface area is 112 Å². The third-order valence-corrected chi connectivity index (χ3v) is 3.97. The maximum Gasteiger partial charge on any atom is 0.0138 e. The second-order valence-electron chi connectivity index (χ2n) is 6.60. The minimum absolute atomic E-state index is 0.107. The van der Waals surface area contributed by atoms with Gasteiger partial charge in [0.15, 0.2) is 0 Å². The second-order valence-corrected chi connectivity index (χ2v) is 6.60. The summed E-state index contributed by atoms with van der Waals surface area (Å²) in [6, 6.07) is 9.21. The Balaban J connectivity index is 2.02. The zero-order valence-corrected chi connectivity index (χ0v) is 11.9. The van der Waals surface area contributed by atoms with Crippen molar-refractivity contribution in [3.63, 3.8) is 0 Å². The predicted molar refractivity (Wildman–Crippen MR) is 78.9 cm³/mol. The minimum atomic E-state index is -0.107. The fraction of sp³-hybridized carbons (Fsp3) is 0.647. The lowest BCUT2D eigenvalue weighted by Crippen LogP contribution is -2.34. The van der Waals surface area contributed by atoms with Crippen LogP contribution in [-0.4, -0.2) is 5.54 Å². The molecule has 1 aromatic carbocycles. The van der Waals surface area contributed by atoms with E-state index in [-0.39, 0.29) is 5.54 Å². The van der Waals surface area contributed by atoms with Crippen LogP contribution in [0.1, 0.15) is 69.4 Å². The second kappa shape index (κ2) is 5.88. The van der Waals surface area contributed by atoms with Gasteiger partial charge in [-0.2, -0.15) is 0 Å². The normalized spacial score (nSPS) is 18.6. The Morgan fingerprint density at radius 2 is 1.56 bits per heavy atom. The molecule has 2 N–H and O–H groups in total. The third-order valence-electron chi connectivity index (χ3n) is 3.97. The van der Waals surface area contributed by atoms with Crippen LogP contribution in [-0.2, 0) is 6.42 Å². The first kappa shape index (κ1) is 13.6. The number of hydrogen-bond acceptors (Lipinski definition) is 1. The smallest absolute Gasteiger partial charge is 0.0138 e. The summed E-state index contributed by atoms with van der Waals surface area (Å²) < 4.78 is 0. The summed E-state index contributed by atoms with van der Waals surface area (Å²) in [6.45, 7) is 4.18. The quantitative estimate of drug-likeness (QED) is 0.785. The largest absolute Gasteiger partial charge is 0.325 e. The van der Waals surface area contributed by atoms with Crippen LogP contribution in [0.25, 0.3) is 0 Å². The van der Waals surface area contributed by atoms with Crippen LogP contribution in [0.15, 0.2) is 24.3 Å². The summed E-state index contributed by atoms with van der Waals surface area (Å²) in [4.78, 5) is 0. The van der Waals surface area contributed by atoms with Crippen molar-refractivity contribution in [2.24, 2.45) is 5.73 Å². The van der Waals surface area contributed by atoms with Gasteiger partial charge in [0.05, 0.1) is 0 Å². The first-order valence-corrected chi connectivity index (χ1v) is 7.42. The Hall–Kier alpha value is -0.820. The molecule has 0 amide bonds. The molecule has 0 saturated heterocycles. The van der Waals surface area contributed by atoms with Gasteiger partial charge in [-0.05, 0) is 50.2 Å². The van der Waals surface area contributed by atoms with Gasteiger partial charge in [-0.3, -0.25) is 0 Å². The molecule has 0 aliphatic heterocycles. The molecule has 0 spiro atoms. The molecule has 1 aliphatic rings. The van der Waals surface area contributed by atoms with Crippen molar-refractivity contribution < 1.29 is 0 Å². The molecule has 0 aromatic heterocycles. The molecule has 0 unspecified atom stereocenters. The number of hydrogen-bond donors (Lipinski definition) is 1. The highest BCUT2D eigenvalue weighted by Gasteiger charge is 2.15. The van der Waals surface area contributed by atoms with Crippen LogP contribution in [0.4, 0.5) is 0 Å². The van der Waals surface area contributed by atoms with Crippen LogP contribution >= 0.6 is 0 Å². The standard InChI is InChI=1S/C17H27N/c1-17(2,18)13-14-9-11-16(12-10-14)15-7-5-3-4-6-8-15/h9-12,15H,3-8,13,18H2,1-2H3. The highest BCUT2D eigenvalue weighted by molar-refractivity contribution is 5.26. The highest BCUT2D eigenvalue weighted by Crippen LogP contribution is 2.31. The lowest BCUT2D eigenvalue weighted by atomic mass is 9.89. The molecule has 18 heavy (non-hydrogen) atoms. The van der Waals surface area contributed by atoms with E-state index in [9.17, 15) is 0 Å². The van der Waals surface area contributed by atoms with Crippen LogP contribution in [0.3, 0.4) is 0 Å². The van der Waals surface area contributed by atoms with E-state index in [1.165, 1.54) is 49.7 Å². The van der Waals surface area contributed by atoms with Crippen molar-refractivity contribution in [1.82, 2.24) is 0 Å². The zero-order valence-electron chi connectivity index (χ0n) is 11.9. The predicted octanol–water partition coefficient (Wildman–Crippen LogP) is 4.40. The molecule has 0 radical (unpaired) electrons. The molecular weight excluding hydrogens is 218 g/mol. The molecule has 1 nitrogen and oxygen atoms in total. The molecule has 2 rings (SSSR count). The van der Waals surface area contributed by atoms with Gasteiger partial charge in [-0.1, -0.05) is 49.9 Å². The molecule has 0 heterocycles. The SMILES string of the molecule is CC(C)(N)Cc1ccc(C2CCCCCC2)cc1. The Morgan fingerprint density at radius 3 is 2.06 bits per heavy atom. The van der Waals surface area contributed by atoms with E-state index < -0.39 is 0 Å². The van der Waals surface area contributed by atoms with Crippen LogP contribution in [0, 0.1) is 0 Å². The lowest BCUT2D eigenvalue weighted by Gasteiger charge is -2.19. The van der Waals surface area contributed by atoms with Gasteiger partial charge >= 0.3 is 0 Å². The Kier molecular flexibility index (Phi) is 4.45. The fourth-order valence-electron chi connectivity index (χ4n) is 3.05. The summed E-state index contributed by atoms with van der Waals surface area (Å²) in [7, 11) is 0. The van der Waals surface area contributed by atoms with E-state index in [0.29, 0.717) is 0 Å². The highest BCUT2D eigenvalue weighted by atomic mass is 14.7. The molecule has 1 heteroatoms. The average Bonchev–Trinajstić information content (AvgIpc) is 2.56. The van der Waals surface area contributed by atoms with E-state index in [4.69, 9.17) is 5.73 Å². The lowest BCUT2D eigenvalue weighted by molar-refractivity contribution is 0.516. The molecule has 0 atom stereocenters. The van der Waals surface area contributed by atoms with E-state index >= 15 is 0 Å². The van der Waals surface area contributed by atoms with Crippen molar-refractivity contribution >= 4 is 0 Å². The van der Waals surface area contributed by atoms with E-state index in [2.05, 4.69) is 38.1 Å². The van der Waals surface area contributed by atoms with Gasteiger partial charge in [0.2, 0.25) is 0 Å². The average molecular weight is 245 g/mol. The first-order chi connectivity index (χ1) is 8.54. The van der Waals surface area contributed by atoms with Gasteiger partial charge in [-0.25, -0.2) is 0 Å². The zero-order chi connectivity index (χ0) is 13.0. The number of rotatable bonds is 3. The topological polar surface area (TPSA) is 26.0 Å². The van der Waals surface area contributed by atoms with Gasteiger partial charge in [0.25, 0.3) is 0 Å². The van der Waals surface area contributed by atoms with Gasteiger partial charge in [0, 0.05) is 5.54 Å². The maximum absolute atomic E-state index is 6.07. The minimum Gasteiger partial charge on any atom is -0.325 e. The van der Waals surface area contributed by atoms with Crippen LogP contribution in [0.2, 0.25) is 0 Å². The summed E-state index contributed by atoms with van der Waals surface area (Å²) in [5.41, 5.74) is 8.86.